The summed E-state index contributed by atoms with van der Waals surface area (Å²) in [5.74, 6) is 0.720. The summed E-state index contributed by atoms with van der Waals surface area (Å²) in [4.78, 5) is 11.8. The Morgan fingerprint density at radius 3 is 2.48 bits per heavy atom. The van der Waals surface area contributed by atoms with Crippen LogP contribution in [0.3, 0.4) is 0 Å². The monoisotopic (exact) mass is 328 g/mol. The largest absolute Gasteiger partial charge is 0.489 e. The fourth-order valence-electron chi connectivity index (χ4n) is 2.47. The van der Waals surface area contributed by atoms with Gasteiger partial charge in [-0.2, -0.15) is 0 Å². The standard InChI is InChI=1S/C19H17ClO3/c1-11-7-16-14(9-19(21)23-18(16)8-12(11)2)10-22-15-4-5-17(20)13(3)6-15/h4-9H,10H2,1-3H3. The van der Waals surface area contributed by atoms with Crippen molar-refractivity contribution < 1.29 is 9.15 Å². The molecule has 118 valence electrons. The van der Waals surface area contributed by atoms with Gasteiger partial charge in [-0.3, -0.25) is 0 Å². The number of aryl methyl sites for hydroxylation is 3. The maximum absolute atomic E-state index is 11.8. The Bertz CT molecular complexity index is 941. The minimum absolute atomic E-state index is 0.297. The predicted octanol–water partition coefficient (Wildman–Crippen LogP) is 4.95. The Kier molecular flexibility index (Phi) is 4.14. The highest BCUT2D eigenvalue weighted by Crippen LogP contribution is 2.25. The second-order valence-corrected chi connectivity index (χ2v) is 6.13. The maximum atomic E-state index is 11.8. The Morgan fingerprint density at radius 2 is 1.74 bits per heavy atom. The smallest absolute Gasteiger partial charge is 0.336 e. The average Bonchev–Trinajstić information content (AvgIpc) is 2.50. The molecule has 0 N–H and O–H groups in total. The first-order valence-corrected chi connectivity index (χ1v) is 7.75. The van der Waals surface area contributed by atoms with Crippen molar-refractivity contribution in [1.29, 1.82) is 0 Å². The molecule has 0 atom stereocenters. The van der Waals surface area contributed by atoms with Crippen LogP contribution in [0.15, 0.2) is 45.6 Å². The van der Waals surface area contributed by atoms with Gasteiger partial charge in [0.15, 0.2) is 0 Å². The van der Waals surface area contributed by atoms with Crippen molar-refractivity contribution in [2.24, 2.45) is 0 Å². The molecular weight excluding hydrogens is 312 g/mol. The molecule has 0 aliphatic carbocycles. The van der Waals surface area contributed by atoms with E-state index in [9.17, 15) is 4.79 Å². The normalized spacial score (nSPS) is 11.0. The third kappa shape index (κ3) is 3.25. The molecule has 3 nitrogen and oxygen atoms in total. The van der Waals surface area contributed by atoms with Crippen LogP contribution in [0.2, 0.25) is 5.02 Å². The van der Waals surface area contributed by atoms with E-state index >= 15 is 0 Å². The number of benzene rings is 2. The molecule has 0 amide bonds. The van der Waals surface area contributed by atoms with E-state index in [2.05, 4.69) is 0 Å². The Hall–Kier alpha value is -2.26. The highest BCUT2D eigenvalue weighted by Gasteiger charge is 2.09. The lowest BCUT2D eigenvalue weighted by molar-refractivity contribution is 0.306. The molecule has 0 saturated heterocycles. The third-order valence-electron chi connectivity index (χ3n) is 3.97. The van der Waals surface area contributed by atoms with Crippen LogP contribution in [0.5, 0.6) is 5.75 Å². The van der Waals surface area contributed by atoms with Crippen LogP contribution in [-0.4, -0.2) is 0 Å². The summed E-state index contributed by atoms with van der Waals surface area (Å²) in [5.41, 5.74) is 4.22. The SMILES string of the molecule is Cc1cc2oc(=O)cc(COc3ccc(Cl)c(C)c3)c2cc1C. The Balaban J connectivity index is 1.97. The van der Waals surface area contributed by atoms with Gasteiger partial charge in [0.25, 0.3) is 0 Å². The summed E-state index contributed by atoms with van der Waals surface area (Å²) in [6, 6.07) is 10.9. The summed E-state index contributed by atoms with van der Waals surface area (Å²) in [6.07, 6.45) is 0. The van der Waals surface area contributed by atoms with E-state index in [1.807, 2.05) is 45.0 Å². The lowest BCUT2D eigenvalue weighted by atomic mass is 10.0. The first-order chi connectivity index (χ1) is 10.9. The van der Waals surface area contributed by atoms with E-state index < -0.39 is 0 Å². The average molecular weight is 329 g/mol. The second-order valence-electron chi connectivity index (χ2n) is 5.72. The Morgan fingerprint density at radius 1 is 1.00 bits per heavy atom. The van der Waals surface area contributed by atoms with Crippen LogP contribution in [-0.2, 0) is 6.61 Å². The molecule has 0 bridgehead atoms. The van der Waals surface area contributed by atoms with Crippen LogP contribution in [0.1, 0.15) is 22.3 Å². The Labute approximate surface area is 139 Å². The molecule has 0 aliphatic rings. The van der Waals surface area contributed by atoms with E-state index in [0.717, 1.165) is 33.4 Å². The first kappa shape index (κ1) is 15.6. The molecule has 4 heteroatoms. The van der Waals surface area contributed by atoms with E-state index in [-0.39, 0.29) is 5.63 Å². The number of ether oxygens (including phenoxy) is 1. The van der Waals surface area contributed by atoms with E-state index in [4.69, 9.17) is 20.8 Å². The second kappa shape index (κ2) is 6.09. The van der Waals surface area contributed by atoms with Crippen LogP contribution in [0, 0.1) is 20.8 Å². The van der Waals surface area contributed by atoms with Crippen LogP contribution in [0.25, 0.3) is 11.0 Å². The zero-order valence-corrected chi connectivity index (χ0v) is 14.0. The molecular formula is C19H17ClO3. The summed E-state index contributed by atoms with van der Waals surface area (Å²) in [7, 11) is 0. The molecule has 3 aromatic rings. The lowest BCUT2D eigenvalue weighted by Crippen LogP contribution is -2.04. The molecule has 1 heterocycles. The van der Waals surface area contributed by atoms with Crippen LogP contribution < -0.4 is 10.4 Å². The van der Waals surface area contributed by atoms with Crippen molar-refractivity contribution >= 4 is 22.6 Å². The van der Waals surface area contributed by atoms with Crippen molar-refractivity contribution in [2.45, 2.75) is 27.4 Å². The fraction of sp³-hybridized carbons (Fsp3) is 0.211. The van der Waals surface area contributed by atoms with Crippen molar-refractivity contribution in [3.63, 3.8) is 0 Å². The quantitative estimate of drug-likeness (QED) is 0.638. The van der Waals surface area contributed by atoms with Crippen molar-refractivity contribution in [1.82, 2.24) is 0 Å². The van der Waals surface area contributed by atoms with Crippen LogP contribution >= 0.6 is 11.6 Å². The highest BCUT2D eigenvalue weighted by atomic mass is 35.5. The van der Waals surface area contributed by atoms with Gasteiger partial charge >= 0.3 is 5.63 Å². The molecule has 3 rings (SSSR count). The van der Waals surface area contributed by atoms with Crippen molar-refractivity contribution in [3.8, 4) is 5.75 Å². The molecule has 0 saturated carbocycles. The number of rotatable bonds is 3. The van der Waals surface area contributed by atoms with Crippen LogP contribution in [0.4, 0.5) is 0 Å². The topological polar surface area (TPSA) is 39.4 Å². The summed E-state index contributed by atoms with van der Waals surface area (Å²) < 4.78 is 11.1. The van der Waals surface area contributed by atoms with Crippen molar-refractivity contribution in [2.75, 3.05) is 0 Å². The molecule has 2 aromatic carbocycles. The van der Waals surface area contributed by atoms with Gasteiger partial charge in [0.2, 0.25) is 0 Å². The fourth-order valence-corrected chi connectivity index (χ4v) is 2.59. The molecule has 0 radical (unpaired) electrons. The number of fused-ring (bicyclic) bond motifs is 1. The highest BCUT2D eigenvalue weighted by molar-refractivity contribution is 6.31. The van der Waals surface area contributed by atoms with Crippen molar-refractivity contribution in [3.05, 3.63) is 74.1 Å². The van der Waals surface area contributed by atoms with Gasteiger partial charge in [-0.05, 0) is 67.8 Å². The zero-order chi connectivity index (χ0) is 16.6. The van der Waals surface area contributed by atoms with Gasteiger partial charge in [0, 0.05) is 22.0 Å². The maximum Gasteiger partial charge on any atom is 0.336 e. The lowest BCUT2D eigenvalue weighted by Gasteiger charge is -2.10. The minimum atomic E-state index is -0.369. The molecule has 0 unspecified atom stereocenters. The third-order valence-corrected chi connectivity index (χ3v) is 4.39. The molecule has 0 aliphatic heterocycles. The predicted molar refractivity (Wildman–Crippen MR) is 92.5 cm³/mol. The van der Waals surface area contributed by atoms with Gasteiger partial charge in [0.05, 0.1) is 0 Å². The summed E-state index contributed by atoms with van der Waals surface area (Å²) >= 11 is 6.02. The number of hydrogen-bond acceptors (Lipinski definition) is 3. The molecule has 1 aromatic heterocycles. The van der Waals surface area contributed by atoms with Gasteiger partial charge in [0.1, 0.15) is 17.9 Å². The summed E-state index contributed by atoms with van der Waals surface area (Å²) in [5, 5.41) is 1.60. The molecule has 23 heavy (non-hydrogen) atoms. The zero-order valence-electron chi connectivity index (χ0n) is 13.3. The van der Waals surface area contributed by atoms with E-state index in [1.54, 1.807) is 6.07 Å². The number of hydrogen-bond donors (Lipinski definition) is 0. The molecule has 0 fully saturated rings. The first-order valence-electron chi connectivity index (χ1n) is 7.37. The van der Waals surface area contributed by atoms with Gasteiger partial charge < -0.3 is 9.15 Å². The van der Waals surface area contributed by atoms with E-state index in [0.29, 0.717) is 17.2 Å². The molecule has 0 spiro atoms. The van der Waals surface area contributed by atoms with Gasteiger partial charge in [-0.1, -0.05) is 11.6 Å². The minimum Gasteiger partial charge on any atom is -0.489 e. The number of halogens is 1. The summed E-state index contributed by atoms with van der Waals surface area (Å²) in [6.45, 7) is 6.25. The van der Waals surface area contributed by atoms with Gasteiger partial charge in [-0.25, -0.2) is 4.79 Å². The van der Waals surface area contributed by atoms with E-state index in [1.165, 1.54) is 6.07 Å². The van der Waals surface area contributed by atoms with Gasteiger partial charge in [-0.15, -0.1) is 0 Å².